The van der Waals surface area contributed by atoms with Gasteiger partial charge in [0.2, 0.25) is 0 Å². The molecule has 0 saturated carbocycles. The van der Waals surface area contributed by atoms with Gasteiger partial charge in [-0.3, -0.25) is 4.98 Å². The van der Waals surface area contributed by atoms with Crippen molar-refractivity contribution >= 4 is 10.8 Å². The number of benzene rings is 1. The number of allylic oxidation sites excluding steroid dienone is 2. The fourth-order valence-electron chi connectivity index (χ4n) is 3.68. The third-order valence-electron chi connectivity index (χ3n) is 5.07. The molecule has 4 nitrogen and oxygen atoms in total. The number of fused-ring (bicyclic) bond motifs is 1. The molecule has 0 bridgehead atoms. The van der Waals surface area contributed by atoms with Gasteiger partial charge in [0, 0.05) is 23.7 Å². The third-order valence-corrected chi connectivity index (χ3v) is 5.07. The number of nitrogens with zero attached hydrogens (tertiary/aromatic N) is 1. The van der Waals surface area contributed by atoms with Crippen molar-refractivity contribution in [2.24, 2.45) is 0 Å². The standard InChI is InChI=1S/C21H24N2O2/c24-14-15-2-1-3-16(10-15)18-11-17-4-7-23-13-20(17)21(12-18)25-19-5-8-22-9-6-19/h1-2,4,7,10-13,16,19,22,24H,3,5-6,8-9,14H2. The van der Waals surface area contributed by atoms with E-state index in [2.05, 4.69) is 34.6 Å². The topological polar surface area (TPSA) is 54.4 Å². The van der Waals surface area contributed by atoms with Crippen LogP contribution in [0.1, 0.15) is 30.7 Å². The van der Waals surface area contributed by atoms with Gasteiger partial charge in [0.05, 0.1) is 6.61 Å². The number of pyridine rings is 1. The summed E-state index contributed by atoms with van der Waals surface area (Å²) < 4.78 is 6.39. The molecule has 25 heavy (non-hydrogen) atoms. The number of rotatable bonds is 4. The Morgan fingerprint density at radius 2 is 2.12 bits per heavy atom. The highest BCUT2D eigenvalue weighted by molar-refractivity contribution is 5.88. The maximum absolute atomic E-state index is 9.44. The molecule has 4 rings (SSSR count). The summed E-state index contributed by atoms with van der Waals surface area (Å²) in [5.41, 5.74) is 2.21. The lowest BCUT2D eigenvalue weighted by Crippen LogP contribution is -2.34. The number of aliphatic hydroxyl groups excluding tert-OH is 1. The molecule has 2 N–H and O–H groups in total. The van der Waals surface area contributed by atoms with Crippen LogP contribution in [0.2, 0.25) is 0 Å². The minimum Gasteiger partial charge on any atom is -0.490 e. The summed E-state index contributed by atoms with van der Waals surface area (Å²) in [7, 11) is 0. The van der Waals surface area contributed by atoms with Crippen molar-refractivity contribution < 1.29 is 9.84 Å². The van der Waals surface area contributed by atoms with Crippen molar-refractivity contribution in [2.75, 3.05) is 19.7 Å². The molecule has 1 aromatic carbocycles. The van der Waals surface area contributed by atoms with Crippen LogP contribution in [-0.2, 0) is 0 Å². The summed E-state index contributed by atoms with van der Waals surface area (Å²) in [4.78, 5) is 4.29. The van der Waals surface area contributed by atoms with Gasteiger partial charge in [-0.2, -0.15) is 0 Å². The van der Waals surface area contributed by atoms with Gasteiger partial charge in [0.15, 0.2) is 0 Å². The molecule has 4 heteroatoms. The lowest BCUT2D eigenvalue weighted by molar-refractivity contribution is 0.164. The van der Waals surface area contributed by atoms with Crippen LogP contribution in [0.3, 0.4) is 0 Å². The molecule has 1 aliphatic heterocycles. The molecule has 1 fully saturated rings. The highest BCUT2D eigenvalue weighted by Crippen LogP contribution is 2.35. The molecule has 1 aromatic heterocycles. The second-order valence-corrected chi connectivity index (χ2v) is 6.83. The van der Waals surface area contributed by atoms with Crippen LogP contribution in [0.15, 0.2) is 54.4 Å². The van der Waals surface area contributed by atoms with Gasteiger partial charge in [-0.1, -0.05) is 24.3 Å². The zero-order valence-corrected chi connectivity index (χ0v) is 14.3. The molecule has 2 heterocycles. The average Bonchev–Trinajstić information content (AvgIpc) is 2.69. The Bertz CT molecular complexity index is 807. The van der Waals surface area contributed by atoms with Gasteiger partial charge in [0.25, 0.3) is 0 Å². The number of nitrogens with one attached hydrogen (secondary N) is 1. The first-order valence-electron chi connectivity index (χ1n) is 9.06. The van der Waals surface area contributed by atoms with Gasteiger partial charge in [-0.25, -0.2) is 0 Å². The lowest BCUT2D eigenvalue weighted by Gasteiger charge is -2.25. The van der Waals surface area contributed by atoms with Crippen LogP contribution >= 0.6 is 0 Å². The molecule has 1 atom stereocenters. The van der Waals surface area contributed by atoms with Crippen molar-refractivity contribution in [3.63, 3.8) is 0 Å². The van der Waals surface area contributed by atoms with Crippen LogP contribution < -0.4 is 10.1 Å². The van der Waals surface area contributed by atoms with E-state index in [1.165, 1.54) is 5.56 Å². The lowest BCUT2D eigenvalue weighted by atomic mass is 9.88. The quantitative estimate of drug-likeness (QED) is 0.899. The number of piperidine rings is 1. The van der Waals surface area contributed by atoms with Crippen molar-refractivity contribution in [1.82, 2.24) is 10.3 Å². The summed E-state index contributed by atoms with van der Waals surface area (Å²) >= 11 is 0. The van der Waals surface area contributed by atoms with E-state index in [1.807, 2.05) is 24.5 Å². The van der Waals surface area contributed by atoms with Crippen molar-refractivity contribution in [3.8, 4) is 5.75 Å². The summed E-state index contributed by atoms with van der Waals surface area (Å²) in [5, 5.41) is 15.0. The third kappa shape index (κ3) is 3.60. The molecule has 1 saturated heterocycles. The predicted octanol–water partition coefficient (Wildman–Crippen LogP) is 3.33. The number of hydrogen-bond donors (Lipinski definition) is 2. The van der Waals surface area contributed by atoms with Crippen LogP contribution in [-0.4, -0.2) is 35.9 Å². The van der Waals surface area contributed by atoms with E-state index in [0.717, 1.165) is 54.4 Å². The molecular weight excluding hydrogens is 312 g/mol. The minimum absolute atomic E-state index is 0.0862. The Balaban J connectivity index is 1.70. The maximum atomic E-state index is 9.44. The highest BCUT2D eigenvalue weighted by atomic mass is 16.5. The van der Waals surface area contributed by atoms with E-state index in [0.29, 0.717) is 0 Å². The monoisotopic (exact) mass is 336 g/mol. The molecule has 2 aliphatic rings. The number of ether oxygens (including phenoxy) is 1. The van der Waals surface area contributed by atoms with Crippen LogP contribution in [0.5, 0.6) is 5.75 Å². The number of aromatic nitrogens is 1. The molecule has 1 aliphatic carbocycles. The van der Waals surface area contributed by atoms with Gasteiger partial charge in [-0.15, -0.1) is 0 Å². The SMILES string of the molecule is OCC1=CC(c2cc(OC3CCNCC3)c3cnccc3c2)CC=C1. The van der Waals surface area contributed by atoms with Crippen LogP contribution in [0, 0.1) is 0 Å². The van der Waals surface area contributed by atoms with Crippen molar-refractivity contribution in [1.29, 1.82) is 0 Å². The van der Waals surface area contributed by atoms with Crippen molar-refractivity contribution in [2.45, 2.75) is 31.3 Å². The Hall–Kier alpha value is -2.17. The van der Waals surface area contributed by atoms with E-state index < -0.39 is 0 Å². The van der Waals surface area contributed by atoms with E-state index in [-0.39, 0.29) is 18.6 Å². The Kier molecular flexibility index (Phi) is 4.81. The molecule has 130 valence electrons. The largest absolute Gasteiger partial charge is 0.490 e. The van der Waals surface area contributed by atoms with Crippen LogP contribution in [0.4, 0.5) is 0 Å². The first-order valence-corrected chi connectivity index (χ1v) is 9.06. The molecule has 2 aromatic rings. The van der Waals surface area contributed by atoms with Gasteiger partial charge >= 0.3 is 0 Å². The Morgan fingerprint density at radius 3 is 2.96 bits per heavy atom. The van der Waals surface area contributed by atoms with E-state index in [1.54, 1.807) is 0 Å². The molecule has 0 spiro atoms. The van der Waals surface area contributed by atoms with Gasteiger partial charge in [-0.05, 0) is 61.0 Å². The fraction of sp³-hybridized carbons (Fsp3) is 0.381. The second kappa shape index (κ2) is 7.38. The summed E-state index contributed by atoms with van der Waals surface area (Å²) in [6.07, 6.45) is 13.3. The normalized spacial score (nSPS) is 21.3. The predicted molar refractivity (Wildman–Crippen MR) is 99.9 cm³/mol. The second-order valence-electron chi connectivity index (χ2n) is 6.83. The molecule has 0 radical (unpaired) electrons. The van der Waals surface area contributed by atoms with Crippen molar-refractivity contribution in [3.05, 3.63) is 60.0 Å². The maximum Gasteiger partial charge on any atom is 0.129 e. The highest BCUT2D eigenvalue weighted by Gasteiger charge is 2.19. The molecule has 0 amide bonds. The van der Waals surface area contributed by atoms with Gasteiger partial charge in [0.1, 0.15) is 11.9 Å². The number of aliphatic hydroxyl groups is 1. The first kappa shape index (κ1) is 16.3. The van der Waals surface area contributed by atoms with Crippen LogP contribution in [0.25, 0.3) is 10.8 Å². The Morgan fingerprint density at radius 1 is 1.24 bits per heavy atom. The fourth-order valence-corrected chi connectivity index (χ4v) is 3.68. The summed E-state index contributed by atoms with van der Waals surface area (Å²) in [6, 6.07) is 6.44. The summed E-state index contributed by atoms with van der Waals surface area (Å²) in [6.45, 7) is 2.11. The number of hydrogen-bond acceptors (Lipinski definition) is 4. The zero-order valence-electron chi connectivity index (χ0n) is 14.3. The minimum atomic E-state index is 0.0862. The van der Waals surface area contributed by atoms with E-state index in [9.17, 15) is 5.11 Å². The summed E-state index contributed by atoms with van der Waals surface area (Å²) in [5.74, 6) is 1.21. The zero-order chi connectivity index (χ0) is 17.1. The Labute approximate surface area is 148 Å². The van der Waals surface area contributed by atoms with E-state index in [4.69, 9.17) is 4.74 Å². The van der Waals surface area contributed by atoms with E-state index >= 15 is 0 Å². The molecular formula is C21H24N2O2. The average molecular weight is 336 g/mol. The van der Waals surface area contributed by atoms with Gasteiger partial charge < -0.3 is 15.2 Å². The molecule has 1 unspecified atom stereocenters. The smallest absolute Gasteiger partial charge is 0.129 e. The first-order chi connectivity index (χ1) is 12.3.